The van der Waals surface area contributed by atoms with Crippen molar-refractivity contribution in [3.8, 4) is 5.75 Å². The highest BCUT2D eigenvalue weighted by Crippen LogP contribution is 2.44. The number of benzene rings is 2. The lowest BCUT2D eigenvalue weighted by Gasteiger charge is -2.23. The van der Waals surface area contributed by atoms with E-state index >= 15 is 0 Å². The Morgan fingerprint density at radius 2 is 1.94 bits per heavy atom. The van der Waals surface area contributed by atoms with Crippen LogP contribution in [0.25, 0.3) is 5.76 Å². The second-order valence-electron chi connectivity index (χ2n) is 8.38. The number of phenolic OH excluding ortho intramolecular Hbond substituents is 1. The smallest absolute Gasteiger partial charge is 0.350 e. The predicted molar refractivity (Wildman–Crippen MR) is 136 cm³/mol. The highest BCUT2D eigenvalue weighted by atomic mass is 32.1. The molecule has 1 atom stereocenters. The first kappa shape index (κ1) is 24.9. The van der Waals surface area contributed by atoms with Crippen LogP contribution >= 0.6 is 11.3 Å². The van der Waals surface area contributed by atoms with Crippen molar-refractivity contribution < 1.29 is 29.3 Å². The van der Waals surface area contributed by atoms with E-state index in [0.29, 0.717) is 16.8 Å². The molecule has 1 unspecified atom stereocenters. The number of hydrogen-bond acceptors (Lipinski definition) is 8. The van der Waals surface area contributed by atoms with Gasteiger partial charge in [0, 0.05) is 5.56 Å². The molecule has 0 saturated carbocycles. The molecule has 36 heavy (non-hydrogen) atoms. The number of aromatic hydroxyl groups is 1. The minimum atomic E-state index is -1.08. The second kappa shape index (κ2) is 9.79. The zero-order valence-electron chi connectivity index (χ0n) is 19.9. The normalized spacial score (nSPS) is 16.9. The van der Waals surface area contributed by atoms with Gasteiger partial charge in [-0.15, -0.1) is 0 Å². The average molecular weight is 505 g/mol. The Morgan fingerprint density at radius 3 is 2.64 bits per heavy atom. The van der Waals surface area contributed by atoms with Gasteiger partial charge in [-0.3, -0.25) is 14.5 Å². The summed E-state index contributed by atoms with van der Waals surface area (Å²) < 4.78 is 5.11. The number of Topliss-reactive ketones (excluding diaryl/α,β-unsaturated/α-hetero) is 1. The molecule has 1 amide bonds. The zero-order chi connectivity index (χ0) is 26.1. The van der Waals surface area contributed by atoms with Gasteiger partial charge in [0.05, 0.1) is 17.3 Å². The van der Waals surface area contributed by atoms with Crippen molar-refractivity contribution in [2.24, 2.45) is 0 Å². The van der Waals surface area contributed by atoms with Crippen LogP contribution in [0.2, 0.25) is 0 Å². The van der Waals surface area contributed by atoms with Gasteiger partial charge >= 0.3 is 11.9 Å². The molecular weight excluding hydrogens is 480 g/mol. The Bertz CT molecular complexity index is 1440. The summed E-state index contributed by atoms with van der Waals surface area (Å²) in [7, 11) is 0. The minimum absolute atomic E-state index is 0.00908. The number of carbonyl (C=O) groups excluding carboxylic acids is 3. The van der Waals surface area contributed by atoms with Crippen LogP contribution in [0.15, 0.2) is 60.7 Å². The summed E-state index contributed by atoms with van der Waals surface area (Å²) in [6.45, 7) is 8.77. The lowest BCUT2D eigenvalue weighted by atomic mass is 9.93. The number of amides is 1. The molecule has 4 rings (SSSR count). The zero-order valence-corrected chi connectivity index (χ0v) is 20.8. The maximum absolute atomic E-state index is 13.3. The fourth-order valence-electron chi connectivity index (χ4n) is 4.05. The van der Waals surface area contributed by atoms with E-state index in [0.717, 1.165) is 27.4 Å². The molecule has 2 aromatic carbocycles. The van der Waals surface area contributed by atoms with Crippen molar-refractivity contribution in [3.05, 3.63) is 93.5 Å². The number of aliphatic hydroxyl groups is 1. The fourth-order valence-corrected chi connectivity index (χ4v) is 5.04. The quantitative estimate of drug-likeness (QED) is 0.164. The van der Waals surface area contributed by atoms with Gasteiger partial charge in [-0.05, 0) is 50.1 Å². The monoisotopic (exact) mass is 504 g/mol. The van der Waals surface area contributed by atoms with E-state index in [1.54, 1.807) is 32.0 Å². The number of phenols is 1. The molecule has 0 radical (unpaired) electrons. The molecule has 1 aliphatic heterocycles. The lowest BCUT2D eigenvalue weighted by Crippen LogP contribution is -2.29. The molecule has 1 saturated heterocycles. The Morgan fingerprint density at radius 1 is 1.19 bits per heavy atom. The summed E-state index contributed by atoms with van der Waals surface area (Å²) in [5, 5.41) is 21.6. The van der Waals surface area contributed by atoms with Gasteiger partial charge in [0.15, 0.2) is 5.13 Å². The molecule has 3 aromatic rings. The van der Waals surface area contributed by atoms with Gasteiger partial charge in [0.1, 0.15) is 23.0 Å². The first-order chi connectivity index (χ1) is 17.1. The van der Waals surface area contributed by atoms with Crippen molar-refractivity contribution in [1.29, 1.82) is 0 Å². The SMILES string of the molecule is C=CCOC(=O)c1sc(N2C(=O)C(=O)/C(=C(/O)c3cc(C)ccc3C)C2c2cccc(O)c2)nc1C. The minimum Gasteiger partial charge on any atom is -0.508 e. The average Bonchev–Trinajstić information content (AvgIpc) is 3.35. The van der Waals surface area contributed by atoms with Crippen LogP contribution in [0.1, 0.15) is 43.7 Å². The van der Waals surface area contributed by atoms with Crippen LogP contribution in [-0.4, -0.2) is 39.5 Å². The Kier molecular flexibility index (Phi) is 6.76. The molecule has 2 heterocycles. The fraction of sp³-hybridized carbons (Fsp3) is 0.185. The van der Waals surface area contributed by atoms with Crippen LogP contribution in [0.3, 0.4) is 0 Å². The van der Waals surface area contributed by atoms with Crippen molar-refractivity contribution >= 4 is 39.9 Å². The summed E-state index contributed by atoms with van der Waals surface area (Å²) in [6, 6.07) is 10.4. The highest BCUT2D eigenvalue weighted by Gasteiger charge is 2.48. The number of nitrogens with zero attached hydrogens (tertiary/aromatic N) is 2. The Balaban J connectivity index is 1.92. The summed E-state index contributed by atoms with van der Waals surface area (Å²) >= 11 is 0.905. The summed E-state index contributed by atoms with van der Waals surface area (Å²) in [5.74, 6) is -2.84. The standard InChI is InChI=1S/C27H24N2O6S/c1-5-11-35-26(34)24-16(4)28-27(36-24)29-21(17-7-6-8-18(30)13-17)20(23(32)25(29)33)22(31)19-12-14(2)9-10-15(19)3/h5-10,12-13,21,30-31H,1,11H2,2-4H3/b22-20+. The number of rotatable bonds is 6. The highest BCUT2D eigenvalue weighted by molar-refractivity contribution is 7.17. The van der Waals surface area contributed by atoms with E-state index in [-0.39, 0.29) is 33.7 Å². The third kappa shape index (κ3) is 4.40. The third-order valence-electron chi connectivity index (χ3n) is 5.79. The molecule has 1 aromatic heterocycles. The van der Waals surface area contributed by atoms with Crippen LogP contribution in [0.5, 0.6) is 5.75 Å². The number of thiazole rings is 1. The van der Waals surface area contributed by atoms with E-state index in [4.69, 9.17) is 4.74 Å². The second-order valence-corrected chi connectivity index (χ2v) is 9.36. The molecule has 184 valence electrons. The van der Waals surface area contributed by atoms with Crippen molar-refractivity contribution in [3.63, 3.8) is 0 Å². The molecular formula is C27H24N2O6S. The molecule has 1 aliphatic rings. The van der Waals surface area contributed by atoms with Gasteiger partial charge in [-0.25, -0.2) is 9.78 Å². The van der Waals surface area contributed by atoms with Crippen LogP contribution in [-0.2, 0) is 14.3 Å². The van der Waals surface area contributed by atoms with E-state index in [2.05, 4.69) is 11.6 Å². The molecule has 0 bridgehead atoms. The maximum Gasteiger partial charge on any atom is 0.350 e. The first-order valence-corrected chi connectivity index (χ1v) is 11.9. The van der Waals surface area contributed by atoms with Gasteiger partial charge in [0.2, 0.25) is 0 Å². The number of aliphatic hydroxyl groups excluding tert-OH is 1. The van der Waals surface area contributed by atoms with E-state index < -0.39 is 23.7 Å². The van der Waals surface area contributed by atoms with E-state index in [9.17, 15) is 24.6 Å². The number of aryl methyl sites for hydroxylation is 3. The Hall–Kier alpha value is -4.24. The van der Waals surface area contributed by atoms with E-state index in [1.165, 1.54) is 18.2 Å². The number of aromatic nitrogens is 1. The van der Waals surface area contributed by atoms with Crippen molar-refractivity contribution in [2.75, 3.05) is 11.5 Å². The molecule has 8 nitrogen and oxygen atoms in total. The van der Waals surface area contributed by atoms with Gasteiger partial charge in [-0.2, -0.15) is 0 Å². The number of anilines is 1. The molecule has 1 fully saturated rings. The number of esters is 1. The summed E-state index contributed by atoms with van der Waals surface area (Å²) in [6.07, 6.45) is 1.43. The Labute approximate surface area is 211 Å². The third-order valence-corrected chi connectivity index (χ3v) is 6.92. The lowest BCUT2D eigenvalue weighted by molar-refractivity contribution is -0.132. The number of carbonyl (C=O) groups is 3. The first-order valence-electron chi connectivity index (χ1n) is 11.1. The van der Waals surface area contributed by atoms with Gasteiger partial charge in [-0.1, -0.05) is 53.8 Å². The van der Waals surface area contributed by atoms with E-state index in [1.807, 2.05) is 19.1 Å². The summed E-state index contributed by atoms with van der Waals surface area (Å²) in [4.78, 5) is 44.9. The molecule has 0 spiro atoms. The molecule has 2 N–H and O–H groups in total. The predicted octanol–water partition coefficient (Wildman–Crippen LogP) is 4.74. The topological polar surface area (TPSA) is 117 Å². The van der Waals surface area contributed by atoms with Gasteiger partial charge in [0.25, 0.3) is 5.78 Å². The number of ketones is 1. The van der Waals surface area contributed by atoms with Crippen LogP contribution in [0.4, 0.5) is 5.13 Å². The van der Waals surface area contributed by atoms with Crippen LogP contribution < -0.4 is 4.90 Å². The molecule has 9 heteroatoms. The number of ether oxygens (including phenoxy) is 1. The maximum atomic E-state index is 13.3. The van der Waals surface area contributed by atoms with Crippen LogP contribution in [0, 0.1) is 20.8 Å². The summed E-state index contributed by atoms with van der Waals surface area (Å²) in [5.41, 5.74) is 2.59. The largest absolute Gasteiger partial charge is 0.508 e. The van der Waals surface area contributed by atoms with Crippen molar-refractivity contribution in [2.45, 2.75) is 26.8 Å². The van der Waals surface area contributed by atoms with Crippen molar-refractivity contribution in [1.82, 2.24) is 4.98 Å². The molecule has 0 aliphatic carbocycles. The number of hydrogen-bond donors (Lipinski definition) is 2. The van der Waals surface area contributed by atoms with Gasteiger partial charge < -0.3 is 14.9 Å².